The van der Waals surface area contributed by atoms with E-state index in [4.69, 9.17) is 0 Å². The molecule has 0 radical (unpaired) electrons. The summed E-state index contributed by atoms with van der Waals surface area (Å²) in [5.74, 6) is 0.134. The second kappa shape index (κ2) is 4.13. The van der Waals surface area contributed by atoms with Crippen LogP contribution < -0.4 is 5.32 Å². The van der Waals surface area contributed by atoms with Crippen LogP contribution in [0.4, 0.5) is 0 Å². The van der Waals surface area contributed by atoms with Crippen LogP contribution in [0.25, 0.3) is 0 Å². The number of amides is 1. The van der Waals surface area contributed by atoms with Crippen LogP contribution in [-0.2, 0) is 4.79 Å². The minimum atomic E-state index is 0.0631. The van der Waals surface area contributed by atoms with Crippen molar-refractivity contribution in [1.29, 1.82) is 0 Å². The minimum absolute atomic E-state index is 0.0631. The first kappa shape index (κ1) is 8.21. The van der Waals surface area contributed by atoms with Gasteiger partial charge in [-0.2, -0.15) is 0 Å². The Bertz CT molecular complexity index is 116. The Labute approximate surface area is 56.0 Å². The molecule has 2 nitrogen and oxygen atoms in total. The SMILES string of the molecule is CC=CNC(=O)C(C)C. The Hall–Kier alpha value is -0.790. The molecule has 0 heterocycles. The molecule has 0 saturated carbocycles. The monoisotopic (exact) mass is 127 g/mol. The summed E-state index contributed by atoms with van der Waals surface area (Å²) in [5, 5.41) is 2.61. The third kappa shape index (κ3) is 3.76. The van der Waals surface area contributed by atoms with Gasteiger partial charge < -0.3 is 5.32 Å². The zero-order chi connectivity index (χ0) is 7.28. The molecule has 0 aliphatic rings. The molecule has 0 saturated heterocycles. The summed E-state index contributed by atoms with van der Waals surface area (Å²) >= 11 is 0. The van der Waals surface area contributed by atoms with Gasteiger partial charge in [-0.3, -0.25) is 4.79 Å². The number of nitrogens with one attached hydrogen (secondary N) is 1. The Morgan fingerprint density at radius 2 is 2.11 bits per heavy atom. The van der Waals surface area contributed by atoms with E-state index in [0.717, 1.165) is 0 Å². The lowest BCUT2D eigenvalue weighted by atomic mass is 10.2. The molecule has 0 aromatic heterocycles. The summed E-state index contributed by atoms with van der Waals surface area (Å²) in [6.45, 7) is 5.58. The molecule has 52 valence electrons. The number of rotatable bonds is 2. The molecule has 0 atom stereocenters. The van der Waals surface area contributed by atoms with E-state index in [1.807, 2.05) is 20.8 Å². The Morgan fingerprint density at radius 1 is 1.56 bits per heavy atom. The molecular formula is C7H13NO. The Kier molecular flexibility index (Phi) is 3.76. The first-order chi connectivity index (χ1) is 4.18. The van der Waals surface area contributed by atoms with E-state index in [1.54, 1.807) is 12.3 Å². The fourth-order valence-electron chi connectivity index (χ4n) is 0.332. The topological polar surface area (TPSA) is 29.1 Å². The highest BCUT2D eigenvalue weighted by atomic mass is 16.1. The highest BCUT2D eigenvalue weighted by molar-refractivity contribution is 5.78. The minimum Gasteiger partial charge on any atom is -0.333 e. The van der Waals surface area contributed by atoms with Gasteiger partial charge in [-0.05, 0) is 13.1 Å². The van der Waals surface area contributed by atoms with Crippen molar-refractivity contribution in [3.8, 4) is 0 Å². The van der Waals surface area contributed by atoms with Crippen molar-refractivity contribution in [3.63, 3.8) is 0 Å². The highest BCUT2D eigenvalue weighted by Gasteiger charge is 2.01. The van der Waals surface area contributed by atoms with Crippen LogP contribution in [0.5, 0.6) is 0 Å². The maximum absolute atomic E-state index is 10.7. The number of carbonyl (C=O) groups is 1. The second-order valence-electron chi connectivity index (χ2n) is 2.16. The fourth-order valence-corrected chi connectivity index (χ4v) is 0.332. The predicted octanol–water partition coefficient (Wildman–Crippen LogP) is 1.29. The third-order valence-corrected chi connectivity index (χ3v) is 0.917. The maximum atomic E-state index is 10.7. The Balaban J connectivity index is 3.51. The summed E-state index contributed by atoms with van der Waals surface area (Å²) in [6, 6.07) is 0. The fraction of sp³-hybridized carbons (Fsp3) is 0.571. The van der Waals surface area contributed by atoms with Gasteiger partial charge in [-0.1, -0.05) is 19.9 Å². The van der Waals surface area contributed by atoms with E-state index in [2.05, 4.69) is 5.32 Å². The summed E-state index contributed by atoms with van der Waals surface area (Å²) in [6.07, 6.45) is 3.43. The summed E-state index contributed by atoms with van der Waals surface area (Å²) in [4.78, 5) is 10.7. The molecule has 0 aliphatic carbocycles. The van der Waals surface area contributed by atoms with Gasteiger partial charge in [-0.15, -0.1) is 0 Å². The smallest absolute Gasteiger partial charge is 0.226 e. The van der Waals surface area contributed by atoms with Crippen LogP contribution in [-0.4, -0.2) is 5.91 Å². The van der Waals surface area contributed by atoms with Crippen LogP contribution in [0, 0.1) is 5.92 Å². The predicted molar refractivity (Wildman–Crippen MR) is 37.8 cm³/mol. The molecule has 0 rings (SSSR count). The van der Waals surface area contributed by atoms with Crippen LogP contribution in [0.15, 0.2) is 12.3 Å². The Morgan fingerprint density at radius 3 is 2.44 bits per heavy atom. The van der Waals surface area contributed by atoms with E-state index in [-0.39, 0.29) is 11.8 Å². The van der Waals surface area contributed by atoms with Crippen LogP contribution in [0.1, 0.15) is 20.8 Å². The van der Waals surface area contributed by atoms with Gasteiger partial charge in [0.25, 0.3) is 0 Å². The maximum Gasteiger partial charge on any atom is 0.226 e. The van der Waals surface area contributed by atoms with Crippen LogP contribution >= 0.6 is 0 Å². The van der Waals surface area contributed by atoms with Gasteiger partial charge in [-0.25, -0.2) is 0 Å². The third-order valence-electron chi connectivity index (χ3n) is 0.917. The van der Waals surface area contributed by atoms with Crippen molar-refractivity contribution in [3.05, 3.63) is 12.3 Å². The highest BCUT2D eigenvalue weighted by Crippen LogP contribution is 1.89. The molecule has 0 fully saturated rings. The molecule has 0 aliphatic heterocycles. The summed E-state index contributed by atoms with van der Waals surface area (Å²) in [5.41, 5.74) is 0. The lowest BCUT2D eigenvalue weighted by molar-refractivity contribution is -0.123. The van der Waals surface area contributed by atoms with Crippen molar-refractivity contribution < 1.29 is 4.79 Å². The molecule has 2 heteroatoms. The summed E-state index contributed by atoms with van der Waals surface area (Å²) in [7, 11) is 0. The van der Waals surface area contributed by atoms with E-state index >= 15 is 0 Å². The zero-order valence-electron chi connectivity index (χ0n) is 6.14. The van der Waals surface area contributed by atoms with Gasteiger partial charge >= 0.3 is 0 Å². The molecule has 1 amide bonds. The average molecular weight is 127 g/mol. The van der Waals surface area contributed by atoms with Gasteiger partial charge in [0, 0.05) is 5.92 Å². The normalized spacial score (nSPS) is 10.7. The first-order valence-corrected chi connectivity index (χ1v) is 3.10. The van der Waals surface area contributed by atoms with Crippen molar-refractivity contribution in [2.45, 2.75) is 20.8 Å². The van der Waals surface area contributed by atoms with Crippen molar-refractivity contribution in [1.82, 2.24) is 5.32 Å². The molecule has 1 N–H and O–H groups in total. The first-order valence-electron chi connectivity index (χ1n) is 3.10. The lowest BCUT2D eigenvalue weighted by Gasteiger charge is -2.00. The van der Waals surface area contributed by atoms with E-state index < -0.39 is 0 Å². The largest absolute Gasteiger partial charge is 0.333 e. The van der Waals surface area contributed by atoms with Gasteiger partial charge in [0.2, 0.25) is 5.91 Å². The van der Waals surface area contributed by atoms with Gasteiger partial charge in [0.05, 0.1) is 0 Å². The standard InChI is InChI=1S/C7H13NO/c1-4-5-8-7(9)6(2)3/h4-6H,1-3H3,(H,8,9). The second-order valence-corrected chi connectivity index (χ2v) is 2.16. The van der Waals surface area contributed by atoms with E-state index in [0.29, 0.717) is 0 Å². The number of hydrogen-bond acceptors (Lipinski definition) is 1. The van der Waals surface area contributed by atoms with Crippen LogP contribution in [0.3, 0.4) is 0 Å². The zero-order valence-corrected chi connectivity index (χ0v) is 6.14. The molecule has 0 spiro atoms. The van der Waals surface area contributed by atoms with Crippen molar-refractivity contribution in [2.24, 2.45) is 5.92 Å². The lowest BCUT2D eigenvalue weighted by Crippen LogP contribution is -2.22. The molecule has 0 bridgehead atoms. The molecule has 0 unspecified atom stereocenters. The number of carbonyl (C=O) groups excluding carboxylic acids is 1. The van der Waals surface area contributed by atoms with E-state index in [1.165, 1.54) is 0 Å². The quantitative estimate of drug-likeness (QED) is 0.595. The molecule has 0 aromatic carbocycles. The van der Waals surface area contributed by atoms with Crippen LogP contribution in [0.2, 0.25) is 0 Å². The van der Waals surface area contributed by atoms with Crippen molar-refractivity contribution >= 4 is 5.91 Å². The summed E-state index contributed by atoms with van der Waals surface area (Å²) < 4.78 is 0. The van der Waals surface area contributed by atoms with E-state index in [9.17, 15) is 4.79 Å². The average Bonchev–Trinajstić information content (AvgIpc) is 1.82. The van der Waals surface area contributed by atoms with Gasteiger partial charge in [0.1, 0.15) is 0 Å². The van der Waals surface area contributed by atoms with Gasteiger partial charge in [0.15, 0.2) is 0 Å². The molecule has 9 heavy (non-hydrogen) atoms. The van der Waals surface area contributed by atoms with Crippen molar-refractivity contribution in [2.75, 3.05) is 0 Å². The molecular weight excluding hydrogens is 114 g/mol. The molecule has 0 aromatic rings. The number of hydrogen-bond donors (Lipinski definition) is 1. The number of allylic oxidation sites excluding steroid dienone is 1.